The van der Waals surface area contributed by atoms with Crippen molar-refractivity contribution in [1.82, 2.24) is 39.9 Å². The quantitative estimate of drug-likeness (QED) is 0.0134. The van der Waals surface area contributed by atoms with Crippen molar-refractivity contribution < 1.29 is 105 Å². The summed E-state index contributed by atoms with van der Waals surface area (Å²) in [4.78, 5) is 98.3. The van der Waals surface area contributed by atoms with Gasteiger partial charge in [0.05, 0.1) is 81.9 Å². The van der Waals surface area contributed by atoms with Crippen LogP contribution in [-0.2, 0) is 29.2 Å². The second kappa shape index (κ2) is 43.3. The van der Waals surface area contributed by atoms with Crippen molar-refractivity contribution in [3.63, 3.8) is 0 Å². The minimum absolute atomic E-state index is 0.0241. The fraction of sp³-hybridized carbons (Fsp3) is 0.442. The third-order valence-corrected chi connectivity index (χ3v) is 20.4. The Bertz CT molecular complexity index is 4820. The van der Waals surface area contributed by atoms with Crippen LogP contribution in [0.2, 0.25) is 5.28 Å². The lowest BCUT2D eigenvalue weighted by Gasteiger charge is -2.36. The lowest BCUT2D eigenvalue weighted by Crippen LogP contribution is -2.50. The van der Waals surface area contributed by atoms with Crippen LogP contribution in [0, 0.1) is 40.8 Å². The molecule has 6 unspecified atom stereocenters. The van der Waals surface area contributed by atoms with Crippen LogP contribution in [0.4, 0.5) is 125 Å². The van der Waals surface area contributed by atoms with E-state index in [1.165, 1.54) is 43.7 Å². The maximum Gasteiger partial charge on any atom is 0.330 e. The van der Waals surface area contributed by atoms with Crippen LogP contribution < -0.4 is 91.0 Å². The highest BCUT2D eigenvalue weighted by Crippen LogP contribution is 2.45. The second-order valence-corrected chi connectivity index (χ2v) is 28.5. The van der Waals surface area contributed by atoms with Crippen LogP contribution in [0.25, 0.3) is 0 Å². The zero-order valence-electron chi connectivity index (χ0n) is 66.6. The number of hydrogen-bond donors (Lipinski definition) is 6. The zero-order valence-corrected chi connectivity index (χ0v) is 68.1. The van der Waals surface area contributed by atoms with E-state index >= 15 is 17.6 Å². The average Bonchev–Trinajstić information content (AvgIpc) is 0.760. The summed E-state index contributed by atoms with van der Waals surface area (Å²) in [5.41, 5.74) is 15.6. The molecule has 0 spiro atoms. The third-order valence-electron chi connectivity index (χ3n) is 20.0. The Labute approximate surface area is 701 Å². The number of nitrogens with one attached hydrogen (secondary N) is 3. The number of ketones is 1. The number of rotatable bonds is 25. The molecule has 3 aliphatic heterocycles. The Hall–Kier alpha value is -11.6. The van der Waals surface area contributed by atoms with Crippen LogP contribution in [-0.4, -0.2) is 181 Å². The molecule has 4 aromatic heterocycles. The van der Waals surface area contributed by atoms with Gasteiger partial charge in [0.2, 0.25) is 28.4 Å². The summed E-state index contributed by atoms with van der Waals surface area (Å²) in [5.74, 6) is -9.21. The molecule has 122 heavy (non-hydrogen) atoms. The van der Waals surface area contributed by atoms with Crippen molar-refractivity contribution in [3.8, 4) is 34.5 Å². The Morgan fingerprint density at radius 3 is 1.19 bits per heavy atom. The summed E-state index contributed by atoms with van der Waals surface area (Å²) in [6.07, 6.45) is 11.3. The molecule has 45 heteroatoms. The summed E-state index contributed by atoms with van der Waals surface area (Å²) in [6, 6.07) is 1.45. The summed E-state index contributed by atoms with van der Waals surface area (Å²) in [6.45, 7) is 2.26. The van der Waals surface area contributed by atoms with Crippen molar-refractivity contribution in [2.45, 2.75) is 153 Å². The first-order valence-corrected chi connectivity index (χ1v) is 38.5. The Morgan fingerprint density at radius 2 is 0.820 bits per heavy atom. The van der Waals surface area contributed by atoms with Gasteiger partial charge in [-0.15, -0.1) is 0 Å². The van der Waals surface area contributed by atoms with E-state index in [1.54, 1.807) is 6.07 Å². The van der Waals surface area contributed by atoms with Gasteiger partial charge in [0.1, 0.15) is 40.3 Å². The van der Waals surface area contributed by atoms with Gasteiger partial charge in [-0.2, -0.15) is 19.9 Å². The van der Waals surface area contributed by atoms with E-state index in [9.17, 15) is 59.1 Å². The third kappa shape index (κ3) is 22.8. The van der Waals surface area contributed by atoms with E-state index in [0.717, 1.165) is 131 Å². The largest absolute Gasteiger partial charge is 0.493 e. The molecule has 6 amide bonds. The smallest absolute Gasteiger partial charge is 0.330 e. The van der Waals surface area contributed by atoms with E-state index in [2.05, 4.69) is 69.0 Å². The first-order chi connectivity index (χ1) is 58.2. The number of fused-ring (bicyclic) bond motifs is 3. The Balaban J connectivity index is 0.000000197. The maximum atomic E-state index is 15.3. The van der Waals surface area contributed by atoms with Crippen LogP contribution in [0.3, 0.4) is 0 Å². The molecular weight excluding hydrogens is 1680 g/mol. The number of aromatic nitrogens is 8. The number of halogens is 14. The molecule has 3 aromatic carbocycles. The average molecular weight is 1770 g/mol. The number of anilines is 10. The van der Waals surface area contributed by atoms with E-state index < -0.39 is 132 Å². The summed E-state index contributed by atoms with van der Waals surface area (Å²) in [7, 11) is 6.91. The van der Waals surface area contributed by atoms with Gasteiger partial charge in [0.25, 0.3) is 19.3 Å². The molecule has 31 nitrogen and oxygen atoms in total. The second-order valence-electron chi connectivity index (χ2n) is 27.8. The molecule has 9 N–H and O–H groups in total. The molecule has 7 heterocycles. The highest BCUT2D eigenvalue weighted by Gasteiger charge is 2.43. The lowest BCUT2D eigenvalue weighted by molar-refractivity contribution is -0.115. The van der Waals surface area contributed by atoms with E-state index in [4.69, 9.17) is 68.8 Å². The molecule has 0 saturated heterocycles. The Morgan fingerprint density at radius 1 is 0.484 bits per heavy atom. The Kier molecular flexibility index (Phi) is 33.4. The van der Waals surface area contributed by atoms with Crippen molar-refractivity contribution in [2.24, 2.45) is 23.1 Å². The predicted octanol–water partition coefficient (Wildman–Crippen LogP) is 14.1. The number of ether oxygens (including phenoxy) is 6. The molecule has 13 rings (SSSR count). The highest BCUT2D eigenvalue weighted by molar-refractivity contribution is 6.66. The SMILES string of the molecule is C=CC(=O)CC1CCCCC1Nc1nccc(Nc2ncc3c(n2)N(CC(F)F)C(=O)N(c2c(F)c(OC)cc(OC)c2F)C3)n1.C=CC(=O)Cl.COc1cc(OC)c(F)c(N2Cc3cnc(Cl)nc3N(CC(F)F)C2=O)c1F.COc1cc(OC)c(F)c(N2Cc3cnc(NC4CCCCC4N)nc3N(CC(F)F)C2=O)c1F.NC1CCCCC1N. The number of methoxy groups -OCH3 is 6. The number of allylic oxidation sites excluding steroid dienone is 2. The van der Waals surface area contributed by atoms with E-state index in [1.807, 2.05) is 0 Å². The van der Waals surface area contributed by atoms with E-state index in [-0.39, 0.29) is 135 Å². The first-order valence-electron chi connectivity index (χ1n) is 37.8. The minimum atomic E-state index is -3.00. The monoisotopic (exact) mass is 1770 g/mol. The van der Waals surface area contributed by atoms with Gasteiger partial charge in [-0.05, 0) is 85.9 Å². The predicted molar refractivity (Wildman–Crippen MR) is 428 cm³/mol. The number of nitrogens with zero attached hydrogens (tertiary/aromatic N) is 14. The van der Waals surface area contributed by atoms with Crippen molar-refractivity contribution in [2.75, 3.05) is 108 Å². The number of urea groups is 3. The fourth-order valence-corrected chi connectivity index (χ4v) is 14.1. The zero-order chi connectivity index (χ0) is 89.1. The number of alkyl halides is 6. The van der Waals surface area contributed by atoms with Crippen LogP contribution in [0.5, 0.6) is 34.5 Å². The molecule has 0 radical (unpaired) electrons. The van der Waals surface area contributed by atoms with Gasteiger partial charge in [0, 0.05) is 96.3 Å². The summed E-state index contributed by atoms with van der Waals surface area (Å²) >= 11 is 10.4. The number of nitrogens with two attached hydrogens (primary N) is 3. The van der Waals surface area contributed by atoms with Crippen LogP contribution >= 0.6 is 23.2 Å². The van der Waals surface area contributed by atoms with Gasteiger partial charge in [-0.3, -0.25) is 39.0 Å². The molecule has 0 bridgehead atoms. The van der Waals surface area contributed by atoms with Gasteiger partial charge in [0.15, 0.2) is 75.2 Å². The van der Waals surface area contributed by atoms with Gasteiger partial charge >= 0.3 is 18.1 Å². The maximum absolute atomic E-state index is 15.3. The molecule has 3 aliphatic carbocycles. The van der Waals surface area contributed by atoms with Gasteiger partial charge < -0.3 is 61.6 Å². The van der Waals surface area contributed by atoms with Crippen molar-refractivity contribution in [3.05, 3.63) is 131 Å². The van der Waals surface area contributed by atoms with Crippen molar-refractivity contribution >= 4 is 110 Å². The molecule has 3 saturated carbocycles. The summed E-state index contributed by atoms with van der Waals surface area (Å²) in [5, 5.41) is 8.55. The molecule has 7 aromatic rings. The first kappa shape index (κ1) is 94.3. The van der Waals surface area contributed by atoms with Crippen molar-refractivity contribution in [1.29, 1.82) is 0 Å². The van der Waals surface area contributed by atoms with E-state index in [0.29, 0.717) is 41.8 Å². The summed E-state index contributed by atoms with van der Waals surface area (Å²) < 4.78 is 200. The molecule has 3 fully saturated rings. The number of carbonyl (C=O) groups excluding carboxylic acids is 5. The standard InChI is InChI=1S/C30H32F4N8O4.C22H26F4N6O3.C16H13ClF4N4O3.C6H14N2.C3H3ClO/c1-4-18(43)11-16-7-5-6-8-19(16)37-28-35-10-9-23(38-28)39-29-36-13-17-14-41(30(44)42(15-22(31)32)27(17)40-29)26-24(33)20(45-2)12-21(46-3)25(26)34;1-34-14-7-15(35-2)18(26)19(17(14)25)31-9-11-8-28-21(29-13-6-4-3-5-12(13)27)30-20(11)32(22(31)33)10-16(23)24;1-27-8-3-9(28-2)12(21)13(11(8)20)24-5-7-4-22-15(17)23-14(7)25(16(24)26)6-10(18)19;7-5-3-1-2-4-6(5)8;1-2-3(4)5/h4,9-10,12-13,16,19,22H,1,5-8,11,14-15H2,2-3H3,(H2,35,36,37,38,39,40);7-8,12-13,16H,3-6,9-10,27H2,1-2H3,(H,28,29,30);3-4,10H,5-6H2,1-2H3;5-6H,1-4,7-8H2;2H,1H2. The number of amides is 6. The minimum Gasteiger partial charge on any atom is -0.493 e. The van der Waals surface area contributed by atoms with Crippen LogP contribution in [0.1, 0.15) is 100 Å². The lowest BCUT2D eigenvalue weighted by atomic mass is 9.81. The molecule has 6 aliphatic rings. The molecule has 660 valence electrons. The normalized spacial score (nSPS) is 18.6. The highest BCUT2D eigenvalue weighted by atomic mass is 35.5. The number of carbonyl (C=O) groups is 5. The molecule has 6 atom stereocenters. The molecular formula is C77H88Cl2F12N20O11. The number of benzene rings is 3. The fourth-order valence-electron chi connectivity index (χ4n) is 14.0. The topological polar surface area (TPSA) is 377 Å². The number of hydrogen-bond acceptors (Lipinski definition) is 25. The van der Waals surface area contributed by atoms with Crippen LogP contribution in [0.15, 0.2) is 74.4 Å². The van der Waals surface area contributed by atoms with Gasteiger partial charge in [-0.1, -0.05) is 51.7 Å². The van der Waals surface area contributed by atoms with Gasteiger partial charge in [-0.25, -0.2) is 87.0 Å².